The monoisotopic (exact) mass is 289 g/mol. The van der Waals surface area contributed by atoms with Crippen LogP contribution >= 0.6 is 11.3 Å². The minimum Gasteiger partial charge on any atom is -0.494 e. The minimum absolute atomic E-state index is 0.441. The van der Waals surface area contributed by atoms with E-state index in [1.165, 1.54) is 0 Å². The van der Waals surface area contributed by atoms with Crippen LogP contribution in [0.4, 0.5) is 0 Å². The molecular formula is C15H15NO3S. The summed E-state index contributed by atoms with van der Waals surface area (Å²) in [5, 5.41) is 5.80. The molecule has 0 radical (unpaired) electrons. The van der Waals surface area contributed by atoms with Gasteiger partial charge in [0.25, 0.3) is 0 Å². The first-order valence-corrected chi connectivity index (χ1v) is 7.11. The van der Waals surface area contributed by atoms with Crippen LogP contribution in [-0.4, -0.2) is 18.3 Å². The molecule has 2 rings (SSSR count). The van der Waals surface area contributed by atoms with Gasteiger partial charge in [-0.1, -0.05) is 11.2 Å². The number of hydrogen-bond acceptors (Lipinski definition) is 5. The first-order chi connectivity index (χ1) is 9.70. The quantitative estimate of drug-likeness (QED) is 0.479. The highest BCUT2D eigenvalue weighted by Crippen LogP contribution is 2.14. The third-order valence-corrected chi connectivity index (χ3v) is 3.52. The SMILES string of the molecule is CCOc1ccc(C(=O)O/N=C(/C)c2cccs2)cc1. The number of thiophene rings is 1. The molecule has 20 heavy (non-hydrogen) atoms. The second kappa shape index (κ2) is 6.86. The van der Waals surface area contributed by atoms with E-state index < -0.39 is 5.97 Å². The molecule has 0 amide bonds. The maximum absolute atomic E-state index is 11.8. The molecule has 1 heterocycles. The molecule has 0 fully saturated rings. The fourth-order valence-electron chi connectivity index (χ4n) is 1.55. The van der Waals surface area contributed by atoms with E-state index >= 15 is 0 Å². The Morgan fingerprint density at radius 2 is 2.00 bits per heavy atom. The Morgan fingerprint density at radius 1 is 1.25 bits per heavy atom. The first-order valence-electron chi connectivity index (χ1n) is 6.23. The molecule has 0 saturated heterocycles. The van der Waals surface area contributed by atoms with Crippen molar-refractivity contribution in [1.82, 2.24) is 0 Å². The fourth-order valence-corrected chi connectivity index (χ4v) is 2.21. The van der Waals surface area contributed by atoms with Crippen molar-refractivity contribution in [2.24, 2.45) is 5.16 Å². The third-order valence-electron chi connectivity index (χ3n) is 2.54. The van der Waals surface area contributed by atoms with E-state index in [-0.39, 0.29) is 0 Å². The first kappa shape index (κ1) is 14.3. The van der Waals surface area contributed by atoms with E-state index in [1.54, 1.807) is 42.5 Å². The molecule has 2 aromatic rings. The zero-order chi connectivity index (χ0) is 14.4. The van der Waals surface area contributed by atoms with Crippen LogP contribution in [0.3, 0.4) is 0 Å². The summed E-state index contributed by atoms with van der Waals surface area (Å²) in [6.07, 6.45) is 0. The van der Waals surface area contributed by atoms with Crippen molar-refractivity contribution in [1.29, 1.82) is 0 Å². The van der Waals surface area contributed by atoms with Gasteiger partial charge >= 0.3 is 5.97 Å². The van der Waals surface area contributed by atoms with Crippen LogP contribution in [0, 0.1) is 0 Å². The van der Waals surface area contributed by atoms with E-state index in [2.05, 4.69) is 5.16 Å². The third kappa shape index (κ3) is 3.68. The highest BCUT2D eigenvalue weighted by molar-refractivity contribution is 7.12. The van der Waals surface area contributed by atoms with Crippen molar-refractivity contribution in [2.45, 2.75) is 13.8 Å². The topological polar surface area (TPSA) is 47.9 Å². The van der Waals surface area contributed by atoms with Gasteiger partial charge in [-0.05, 0) is 49.6 Å². The number of hydrogen-bond donors (Lipinski definition) is 0. The normalized spacial score (nSPS) is 11.2. The maximum atomic E-state index is 11.8. The summed E-state index contributed by atoms with van der Waals surface area (Å²) in [7, 11) is 0. The number of rotatable bonds is 5. The second-order valence-electron chi connectivity index (χ2n) is 3.99. The lowest BCUT2D eigenvalue weighted by atomic mass is 10.2. The molecule has 0 saturated carbocycles. The Hall–Kier alpha value is -2.14. The number of nitrogens with zero attached hydrogens (tertiary/aromatic N) is 1. The molecule has 104 valence electrons. The van der Waals surface area contributed by atoms with Gasteiger partial charge in [0.15, 0.2) is 0 Å². The smallest absolute Gasteiger partial charge is 0.365 e. The lowest BCUT2D eigenvalue weighted by Crippen LogP contribution is -2.03. The highest BCUT2D eigenvalue weighted by atomic mass is 32.1. The van der Waals surface area contributed by atoms with Gasteiger partial charge in [0.1, 0.15) is 5.75 Å². The summed E-state index contributed by atoms with van der Waals surface area (Å²) in [6.45, 7) is 4.30. The van der Waals surface area contributed by atoms with Gasteiger partial charge in [-0.3, -0.25) is 0 Å². The van der Waals surface area contributed by atoms with Crippen LogP contribution < -0.4 is 4.74 Å². The summed E-state index contributed by atoms with van der Waals surface area (Å²) < 4.78 is 5.31. The van der Waals surface area contributed by atoms with E-state index in [1.807, 2.05) is 24.4 Å². The summed E-state index contributed by atoms with van der Waals surface area (Å²) >= 11 is 1.55. The van der Waals surface area contributed by atoms with Crippen molar-refractivity contribution in [3.05, 3.63) is 52.2 Å². The molecule has 0 aliphatic heterocycles. The molecule has 0 unspecified atom stereocenters. The van der Waals surface area contributed by atoms with Gasteiger partial charge in [0, 0.05) is 0 Å². The molecule has 1 aromatic carbocycles. The van der Waals surface area contributed by atoms with E-state index in [4.69, 9.17) is 9.57 Å². The molecular weight excluding hydrogens is 274 g/mol. The Kier molecular flexibility index (Phi) is 4.90. The zero-order valence-electron chi connectivity index (χ0n) is 11.3. The van der Waals surface area contributed by atoms with Crippen LogP contribution in [0.25, 0.3) is 0 Å². The number of benzene rings is 1. The van der Waals surface area contributed by atoms with Gasteiger partial charge in [0.05, 0.1) is 22.8 Å². The summed E-state index contributed by atoms with van der Waals surface area (Å²) in [5.41, 5.74) is 1.12. The Labute approximate surface area is 121 Å². The number of oxime groups is 1. The lowest BCUT2D eigenvalue weighted by Gasteiger charge is -2.03. The maximum Gasteiger partial charge on any atom is 0.365 e. The van der Waals surface area contributed by atoms with Gasteiger partial charge in [-0.15, -0.1) is 11.3 Å². The average molecular weight is 289 g/mol. The largest absolute Gasteiger partial charge is 0.494 e. The van der Waals surface area contributed by atoms with Crippen LogP contribution in [0.1, 0.15) is 29.1 Å². The van der Waals surface area contributed by atoms with E-state index in [9.17, 15) is 4.79 Å². The molecule has 0 N–H and O–H groups in total. The minimum atomic E-state index is -0.482. The zero-order valence-corrected chi connectivity index (χ0v) is 12.1. The van der Waals surface area contributed by atoms with Crippen molar-refractivity contribution in [3.8, 4) is 5.75 Å². The van der Waals surface area contributed by atoms with Crippen LogP contribution in [-0.2, 0) is 4.84 Å². The molecule has 0 aliphatic rings. The van der Waals surface area contributed by atoms with Gasteiger partial charge in [0.2, 0.25) is 0 Å². The van der Waals surface area contributed by atoms with Gasteiger partial charge in [-0.2, -0.15) is 0 Å². The summed E-state index contributed by atoms with van der Waals surface area (Å²) in [4.78, 5) is 17.7. The second-order valence-corrected chi connectivity index (χ2v) is 4.94. The number of ether oxygens (including phenoxy) is 1. The Balaban J connectivity index is 1.99. The predicted octanol–water partition coefficient (Wildman–Crippen LogP) is 3.73. The average Bonchev–Trinajstić information content (AvgIpc) is 3.00. The van der Waals surface area contributed by atoms with Crippen molar-refractivity contribution in [2.75, 3.05) is 6.61 Å². The molecule has 0 aliphatic carbocycles. The van der Waals surface area contributed by atoms with Gasteiger partial charge in [-0.25, -0.2) is 4.79 Å². The van der Waals surface area contributed by atoms with Crippen LogP contribution in [0.2, 0.25) is 0 Å². The van der Waals surface area contributed by atoms with Gasteiger partial charge < -0.3 is 9.57 Å². The number of carbonyl (C=O) groups excluding carboxylic acids is 1. The Morgan fingerprint density at radius 3 is 2.60 bits per heavy atom. The predicted molar refractivity (Wildman–Crippen MR) is 79.6 cm³/mol. The summed E-state index contributed by atoms with van der Waals surface area (Å²) in [5.74, 6) is 0.242. The molecule has 0 spiro atoms. The number of carbonyl (C=O) groups is 1. The van der Waals surface area contributed by atoms with Crippen LogP contribution in [0.5, 0.6) is 5.75 Å². The Bertz CT molecular complexity index is 588. The molecule has 4 nitrogen and oxygen atoms in total. The van der Waals surface area contributed by atoms with Crippen molar-refractivity contribution < 1.29 is 14.4 Å². The van der Waals surface area contributed by atoms with Crippen molar-refractivity contribution >= 4 is 23.0 Å². The van der Waals surface area contributed by atoms with Crippen LogP contribution in [0.15, 0.2) is 46.9 Å². The fraction of sp³-hybridized carbons (Fsp3) is 0.200. The molecule has 5 heteroatoms. The highest BCUT2D eigenvalue weighted by Gasteiger charge is 2.08. The lowest BCUT2D eigenvalue weighted by molar-refractivity contribution is 0.0516. The summed E-state index contributed by atoms with van der Waals surface area (Å²) in [6, 6.07) is 10.6. The van der Waals surface area contributed by atoms with E-state index in [0.29, 0.717) is 17.9 Å². The van der Waals surface area contributed by atoms with E-state index in [0.717, 1.165) is 10.6 Å². The molecule has 0 atom stereocenters. The molecule has 1 aromatic heterocycles. The van der Waals surface area contributed by atoms with Crippen molar-refractivity contribution in [3.63, 3.8) is 0 Å². The molecule has 0 bridgehead atoms. The standard InChI is InChI=1S/C15H15NO3S/c1-3-18-13-8-6-12(7-9-13)15(17)19-16-11(2)14-5-4-10-20-14/h4-10H,3H2,1-2H3/b16-11-.